The minimum Gasteiger partial charge on any atom is -0.504 e. The molecule has 7 heteroatoms. The molecule has 0 unspecified atom stereocenters. The number of nitrogens with one attached hydrogen (secondary N) is 2. The van der Waals surface area contributed by atoms with Gasteiger partial charge >= 0.3 is 0 Å². The molecule has 1 rings (SSSR count). The highest BCUT2D eigenvalue weighted by Gasteiger charge is 2.02. The van der Waals surface area contributed by atoms with Crippen LogP contribution in [0.25, 0.3) is 0 Å². The van der Waals surface area contributed by atoms with Crippen LogP contribution in [-0.2, 0) is 0 Å². The number of hydrazone groups is 1. The molecule has 0 saturated carbocycles. The molecule has 0 aliphatic rings. The first-order valence-corrected chi connectivity index (χ1v) is 4.14. The molecule has 6 N–H and O–H groups in total. The number of anilines is 1. The predicted octanol–water partition coefficient (Wildman–Crippen LogP) is 0.325. The molecule has 82 valence electrons. The standard InChI is InChI=1S/C9H9N5O2/c10-4-6(9(11)12)14-13-5-1-2-7(15)8(16)3-5/h1-3,13,15-16H,(H3,11,12)/b14-6+. The number of benzene rings is 1. The third kappa shape index (κ3) is 2.62. The molecule has 0 amide bonds. The summed E-state index contributed by atoms with van der Waals surface area (Å²) in [5.41, 5.74) is 7.56. The van der Waals surface area contributed by atoms with Crippen LogP contribution in [0.1, 0.15) is 0 Å². The molecule has 16 heavy (non-hydrogen) atoms. The summed E-state index contributed by atoms with van der Waals surface area (Å²) in [6.07, 6.45) is 0. The van der Waals surface area contributed by atoms with Crippen molar-refractivity contribution < 1.29 is 10.2 Å². The minimum atomic E-state index is -0.460. The van der Waals surface area contributed by atoms with Gasteiger partial charge in [0.1, 0.15) is 6.07 Å². The number of phenols is 2. The van der Waals surface area contributed by atoms with Crippen LogP contribution in [0.4, 0.5) is 5.69 Å². The van der Waals surface area contributed by atoms with Gasteiger partial charge in [-0.25, -0.2) is 0 Å². The number of hydrogen-bond donors (Lipinski definition) is 5. The Hall–Kier alpha value is -2.75. The van der Waals surface area contributed by atoms with Crippen LogP contribution >= 0.6 is 0 Å². The lowest BCUT2D eigenvalue weighted by atomic mass is 10.3. The molecule has 0 aliphatic heterocycles. The minimum absolute atomic E-state index is 0.262. The van der Waals surface area contributed by atoms with E-state index < -0.39 is 5.84 Å². The van der Waals surface area contributed by atoms with E-state index in [1.54, 1.807) is 6.07 Å². The Morgan fingerprint density at radius 3 is 2.62 bits per heavy atom. The zero-order chi connectivity index (χ0) is 12.1. The summed E-state index contributed by atoms with van der Waals surface area (Å²) in [5, 5.41) is 37.3. The molecule has 1 aromatic carbocycles. The second kappa shape index (κ2) is 4.65. The van der Waals surface area contributed by atoms with Gasteiger partial charge in [-0.3, -0.25) is 10.8 Å². The van der Waals surface area contributed by atoms with Crippen molar-refractivity contribution in [1.29, 1.82) is 10.7 Å². The first-order valence-electron chi connectivity index (χ1n) is 4.14. The van der Waals surface area contributed by atoms with Crippen molar-refractivity contribution >= 4 is 17.2 Å². The number of nitrogens with zero attached hydrogens (tertiary/aromatic N) is 2. The Kier molecular flexibility index (Phi) is 3.29. The fourth-order valence-corrected chi connectivity index (χ4v) is 0.859. The van der Waals surface area contributed by atoms with Gasteiger partial charge < -0.3 is 15.9 Å². The van der Waals surface area contributed by atoms with Crippen LogP contribution in [-0.4, -0.2) is 21.8 Å². The lowest BCUT2D eigenvalue weighted by Crippen LogP contribution is -2.21. The highest BCUT2D eigenvalue weighted by atomic mass is 16.3. The van der Waals surface area contributed by atoms with Gasteiger partial charge in [0, 0.05) is 6.07 Å². The van der Waals surface area contributed by atoms with Crippen LogP contribution in [0.3, 0.4) is 0 Å². The van der Waals surface area contributed by atoms with Gasteiger partial charge in [-0.05, 0) is 12.1 Å². The van der Waals surface area contributed by atoms with E-state index in [0.29, 0.717) is 5.69 Å². The van der Waals surface area contributed by atoms with Crippen molar-refractivity contribution in [3.63, 3.8) is 0 Å². The van der Waals surface area contributed by atoms with E-state index in [1.807, 2.05) is 0 Å². The van der Waals surface area contributed by atoms with E-state index in [1.165, 1.54) is 18.2 Å². The summed E-state index contributed by atoms with van der Waals surface area (Å²) in [7, 11) is 0. The molecule has 0 atom stereocenters. The van der Waals surface area contributed by atoms with Crippen LogP contribution in [0.15, 0.2) is 23.3 Å². The second-order valence-corrected chi connectivity index (χ2v) is 2.80. The van der Waals surface area contributed by atoms with E-state index >= 15 is 0 Å². The zero-order valence-electron chi connectivity index (χ0n) is 8.10. The second-order valence-electron chi connectivity index (χ2n) is 2.80. The molecular formula is C9H9N5O2. The molecule has 1 aromatic rings. The van der Waals surface area contributed by atoms with E-state index in [2.05, 4.69) is 10.5 Å². The Labute approximate surface area is 90.9 Å². The summed E-state index contributed by atoms with van der Waals surface area (Å²) in [6, 6.07) is 5.54. The highest BCUT2D eigenvalue weighted by molar-refractivity contribution is 6.45. The number of nitriles is 1. The Balaban J connectivity index is 2.86. The van der Waals surface area contributed by atoms with Gasteiger partial charge in [0.15, 0.2) is 17.3 Å². The number of nitrogens with two attached hydrogens (primary N) is 1. The van der Waals surface area contributed by atoms with Crippen molar-refractivity contribution in [2.24, 2.45) is 10.8 Å². The number of hydrogen-bond acceptors (Lipinski definition) is 6. The van der Waals surface area contributed by atoms with Crippen molar-refractivity contribution in [3.8, 4) is 17.6 Å². The lowest BCUT2D eigenvalue weighted by molar-refractivity contribution is 0.404. The van der Waals surface area contributed by atoms with Gasteiger partial charge in [0.25, 0.3) is 0 Å². The normalized spacial score (nSPS) is 10.6. The average molecular weight is 219 g/mol. The topological polar surface area (TPSA) is 139 Å². The maximum atomic E-state index is 9.16. The van der Waals surface area contributed by atoms with E-state index in [4.69, 9.17) is 26.6 Å². The van der Waals surface area contributed by atoms with Crippen LogP contribution in [0.5, 0.6) is 11.5 Å². The first-order chi connectivity index (χ1) is 7.54. The van der Waals surface area contributed by atoms with Gasteiger partial charge in [-0.15, -0.1) is 0 Å². The van der Waals surface area contributed by atoms with Crippen LogP contribution < -0.4 is 11.2 Å². The smallest absolute Gasteiger partial charge is 0.201 e. The van der Waals surface area contributed by atoms with Crippen molar-refractivity contribution in [1.82, 2.24) is 0 Å². The van der Waals surface area contributed by atoms with Gasteiger partial charge in [-0.2, -0.15) is 10.4 Å². The van der Waals surface area contributed by atoms with Gasteiger partial charge in [-0.1, -0.05) is 0 Å². The lowest BCUT2D eigenvalue weighted by Gasteiger charge is -2.02. The first kappa shape index (κ1) is 11.3. The Bertz CT molecular complexity index is 489. The monoisotopic (exact) mass is 219 g/mol. The molecular weight excluding hydrogens is 210 g/mol. The molecule has 0 spiro atoms. The Morgan fingerprint density at radius 2 is 2.12 bits per heavy atom. The fourth-order valence-electron chi connectivity index (χ4n) is 0.859. The number of amidine groups is 1. The summed E-state index contributed by atoms with van der Waals surface area (Å²) >= 11 is 0. The van der Waals surface area contributed by atoms with E-state index in [9.17, 15) is 0 Å². The maximum Gasteiger partial charge on any atom is 0.201 e. The average Bonchev–Trinajstić information content (AvgIpc) is 2.23. The van der Waals surface area contributed by atoms with Gasteiger partial charge in [0.05, 0.1) is 5.69 Å². The molecule has 0 saturated heterocycles. The number of aromatic hydroxyl groups is 2. The fraction of sp³-hybridized carbons (Fsp3) is 0. The third-order valence-corrected chi connectivity index (χ3v) is 1.63. The van der Waals surface area contributed by atoms with Crippen molar-refractivity contribution in [2.45, 2.75) is 0 Å². The highest BCUT2D eigenvalue weighted by Crippen LogP contribution is 2.27. The quantitative estimate of drug-likeness (QED) is 0.164. The summed E-state index contributed by atoms with van der Waals surface area (Å²) in [4.78, 5) is 0. The number of rotatable bonds is 3. The van der Waals surface area contributed by atoms with Crippen molar-refractivity contribution in [3.05, 3.63) is 18.2 Å². The zero-order valence-corrected chi connectivity index (χ0v) is 8.10. The third-order valence-electron chi connectivity index (χ3n) is 1.63. The van der Waals surface area contributed by atoms with Crippen molar-refractivity contribution in [2.75, 3.05) is 5.43 Å². The molecule has 0 fully saturated rings. The van der Waals surface area contributed by atoms with Gasteiger partial charge in [0.2, 0.25) is 5.71 Å². The predicted molar refractivity (Wildman–Crippen MR) is 58.4 cm³/mol. The van der Waals surface area contributed by atoms with E-state index in [-0.39, 0.29) is 17.2 Å². The molecule has 0 bridgehead atoms. The van der Waals surface area contributed by atoms with Crippen LogP contribution in [0, 0.1) is 16.7 Å². The maximum absolute atomic E-state index is 9.16. The number of phenolic OH excluding ortho intramolecular Hbond substituents is 2. The molecule has 7 nitrogen and oxygen atoms in total. The summed E-state index contributed by atoms with van der Waals surface area (Å²) in [5.74, 6) is -1.04. The Morgan fingerprint density at radius 1 is 1.44 bits per heavy atom. The van der Waals surface area contributed by atoms with E-state index in [0.717, 1.165) is 0 Å². The summed E-state index contributed by atoms with van der Waals surface area (Å²) in [6.45, 7) is 0. The molecule has 0 aliphatic carbocycles. The van der Waals surface area contributed by atoms with Crippen LogP contribution in [0.2, 0.25) is 0 Å². The molecule has 0 aromatic heterocycles. The summed E-state index contributed by atoms with van der Waals surface area (Å²) < 4.78 is 0. The SMILES string of the molecule is N#C/C(=N\Nc1ccc(O)c(O)c1)C(=N)N. The molecule has 0 radical (unpaired) electrons. The molecule has 0 heterocycles. The largest absolute Gasteiger partial charge is 0.504 e.